The summed E-state index contributed by atoms with van der Waals surface area (Å²) in [4.78, 5) is 10.6. The lowest BCUT2D eigenvalue weighted by molar-refractivity contribution is -0.136. The molecule has 0 aliphatic carbocycles. The molecule has 24 heavy (non-hydrogen) atoms. The minimum Gasteiger partial charge on any atom is -0.481 e. The van der Waals surface area contributed by atoms with E-state index >= 15 is 0 Å². The van der Waals surface area contributed by atoms with Gasteiger partial charge >= 0.3 is 5.97 Å². The molecule has 0 saturated carbocycles. The molecule has 0 saturated heterocycles. The van der Waals surface area contributed by atoms with Crippen molar-refractivity contribution in [3.05, 3.63) is 59.7 Å². The Bertz CT molecular complexity index is 783. The molecule has 0 amide bonds. The van der Waals surface area contributed by atoms with Crippen molar-refractivity contribution >= 4 is 11.7 Å². The van der Waals surface area contributed by atoms with Gasteiger partial charge in [0.15, 0.2) is 0 Å². The van der Waals surface area contributed by atoms with E-state index in [9.17, 15) is 4.79 Å². The minimum atomic E-state index is -0.776. The van der Waals surface area contributed by atoms with Gasteiger partial charge in [-0.2, -0.15) is 5.21 Å². The van der Waals surface area contributed by atoms with Gasteiger partial charge in [-0.1, -0.05) is 36.4 Å². The standard InChI is InChI=1S/C17H17N5O2/c23-16(24)10-5-12-3-8-15(9-4-12)18-11-13-1-6-14(7-2-13)17-19-21-22-20-17/h1-4,6-9,18H,5,10-11H2,(H,23,24)(H,19,20,21,22). The van der Waals surface area contributed by atoms with Crippen molar-refractivity contribution in [3.63, 3.8) is 0 Å². The average molecular weight is 323 g/mol. The molecule has 7 heteroatoms. The van der Waals surface area contributed by atoms with E-state index in [0.717, 1.165) is 22.4 Å². The summed E-state index contributed by atoms with van der Waals surface area (Å²) in [6.45, 7) is 0.695. The van der Waals surface area contributed by atoms with Crippen LogP contribution >= 0.6 is 0 Å². The molecule has 0 fully saturated rings. The summed E-state index contributed by atoms with van der Waals surface area (Å²) in [5.41, 5.74) is 4.07. The third-order valence-electron chi connectivity index (χ3n) is 3.64. The molecule has 2 aromatic carbocycles. The molecule has 0 aliphatic heterocycles. The molecule has 0 unspecified atom stereocenters. The van der Waals surface area contributed by atoms with Crippen LogP contribution in [0.3, 0.4) is 0 Å². The van der Waals surface area contributed by atoms with Gasteiger partial charge in [0.1, 0.15) is 0 Å². The lowest BCUT2D eigenvalue weighted by Crippen LogP contribution is -2.00. The van der Waals surface area contributed by atoms with Crippen LogP contribution in [0, 0.1) is 0 Å². The van der Waals surface area contributed by atoms with E-state index in [-0.39, 0.29) is 6.42 Å². The van der Waals surface area contributed by atoms with E-state index in [4.69, 9.17) is 5.11 Å². The molecule has 3 aromatic rings. The Kier molecular flexibility index (Phi) is 4.81. The number of H-pyrrole nitrogens is 1. The fourth-order valence-corrected chi connectivity index (χ4v) is 2.30. The molecule has 1 aromatic heterocycles. The first-order valence-electron chi connectivity index (χ1n) is 7.58. The van der Waals surface area contributed by atoms with Crippen LogP contribution in [0.2, 0.25) is 0 Å². The van der Waals surface area contributed by atoms with Crippen molar-refractivity contribution in [2.75, 3.05) is 5.32 Å². The van der Waals surface area contributed by atoms with Crippen LogP contribution in [0.5, 0.6) is 0 Å². The van der Waals surface area contributed by atoms with Crippen molar-refractivity contribution in [2.45, 2.75) is 19.4 Å². The number of tetrazole rings is 1. The van der Waals surface area contributed by atoms with Gasteiger partial charge in [-0.3, -0.25) is 4.79 Å². The summed E-state index contributed by atoms with van der Waals surface area (Å²) in [6, 6.07) is 15.8. The van der Waals surface area contributed by atoms with Crippen LogP contribution in [-0.2, 0) is 17.8 Å². The molecule has 0 spiro atoms. The SMILES string of the molecule is O=C(O)CCc1ccc(NCc2ccc(-c3nn[nH]n3)cc2)cc1. The largest absolute Gasteiger partial charge is 0.481 e. The van der Waals surface area contributed by atoms with Crippen molar-refractivity contribution in [1.29, 1.82) is 0 Å². The van der Waals surface area contributed by atoms with Crippen LogP contribution in [0.15, 0.2) is 48.5 Å². The Hall–Kier alpha value is -3.22. The molecular formula is C17H17N5O2. The lowest BCUT2D eigenvalue weighted by atomic mass is 10.1. The van der Waals surface area contributed by atoms with E-state index in [1.807, 2.05) is 48.5 Å². The van der Waals surface area contributed by atoms with Crippen LogP contribution in [0.4, 0.5) is 5.69 Å². The molecule has 3 rings (SSSR count). The van der Waals surface area contributed by atoms with Crippen LogP contribution in [0.1, 0.15) is 17.5 Å². The maximum Gasteiger partial charge on any atom is 0.303 e. The van der Waals surface area contributed by atoms with Crippen molar-refractivity contribution in [3.8, 4) is 11.4 Å². The summed E-state index contributed by atoms with van der Waals surface area (Å²) in [6.07, 6.45) is 0.701. The predicted molar refractivity (Wildman–Crippen MR) is 89.3 cm³/mol. The van der Waals surface area contributed by atoms with Gasteiger partial charge in [0, 0.05) is 24.2 Å². The van der Waals surface area contributed by atoms with E-state index in [1.165, 1.54) is 0 Å². The molecule has 0 bridgehead atoms. The lowest BCUT2D eigenvalue weighted by Gasteiger charge is -2.08. The zero-order chi connectivity index (χ0) is 16.8. The maximum absolute atomic E-state index is 10.6. The first kappa shape index (κ1) is 15.7. The molecule has 3 N–H and O–H groups in total. The van der Waals surface area contributed by atoms with Gasteiger partial charge in [0.05, 0.1) is 0 Å². The Balaban J connectivity index is 1.54. The number of carboxylic acid groups (broad SMARTS) is 1. The monoisotopic (exact) mass is 323 g/mol. The third kappa shape index (κ3) is 4.16. The Morgan fingerprint density at radius 2 is 1.75 bits per heavy atom. The van der Waals surface area contributed by atoms with E-state index in [2.05, 4.69) is 25.9 Å². The Morgan fingerprint density at radius 3 is 2.38 bits per heavy atom. The third-order valence-corrected chi connectivity index (χ3v) is 3.64. The maximum atomic E-state index is 10.6. The first-order chi connectivity index (χ1) is 11.7. The number of aryl methyl sites for hydroxylation is 1. The smallest absolute Gasteiger partial charge is 0.303 e. The highest BCUT2D eigenvalue weighted by Crippen LogP contribution is 2.16. The Labute approximate surface area is 138 Å². The molecule has 7 nitrogen and oxygen atoms in total. The van der Waals surface area contributed by atoms with E-state index in [0.29, 0.717) is 18.8 Å². The second-order valence-corrected chi connectivity index (χ2v) is 5.38. The number of aromatic amines is 1. The quantitative estimate of drug-likeness (QED) is 0.617. The van der Waals surface area contributed by atoms with Gasteiger partial charge in [-0.25, -0.2) is 0 Å². The fraction of sp³-hybridized carbons (Fsp3) is 0.176. The zero-order valence-corrected chi connectivity index (χ0v) is 12.9. The fourth-order valence-electron chi connectivity index (χ4n) is 2.30. The van der Waals surface area contributed by atoms with Gasteiger partial charge in [0.25, 0.3) is 0 Å². The number of anilines is 1. The number of aliphatic carboxylic acids is 1. The number of nitrogens with one attached hydrogen (secondary N) is 2. The van der Waals surface area contributed by atoms with Crippen LogP contribution in [-0.4, -0.2) is 31.7 Å². The highest BCUT2D eigenvalue weighted by Gasteiger charge is 2.03. The van der Waals surface area contributed by atoms with Crippen LogP contribution < -0.4 is 5.32 Å². The first-order valence-corrected chi connectivity index (χ1v) is 7.58. The average Bonchev–Trinajstić information content (AvgIpc) is 3.14. The number of nitrogens with zero attached hydrogens (tertiary/aromatic N) is 3. The molecule has 0 radical (unpaired) electrons. The molecule has 0 aliphatic rings. The minimum absolute atomic E-state index is 0.152. The van der Waals surface area contributed by atoms with Crippen LogP contribution in [0.25, 0.3) is 11.4 Å². The summed E-state index contributed by atoms with van der Waals surface area (Å²) in [5.74, 6) is -0.201. The Morgan fingerprint density at radius 1 is 1.04 bits per heavy atom. The van der Waals surface area contributed by atoms with Gasteiger partial charge in [0.2, 0.25) is 5.82 Å². The summed E-state index contributed by atoms with van der Waals surface area (Å²) in [5, 5.41) is 25.9. The second-order valence-electron chi connectivity index (χ2n) is 5.38. The number of hydrogen-bond acceptors (Lipinski definition) is 5. The van der Waals surface area contributed by atoms with Gasteiger partial charge < -0.3 is 10.4 Å². The molecule has 122 valence electrons. The predicted octanol–water partition coefficient (Wildman–Crippen LogP) is 2.50. The molecular weight excluding hydrogens is 306 g/mol. The molecule has 0 atom stereocenters. The van der Waals surface area contributed by atoms with Crippen molar-refractivity contribution in [1.82, 2.24) is 20.6 Å². The summed E-state index contributed by atoms with van der Waals surface area (Å²) >= 11 is 0. The van der Waals surface area contributed by atoms with Crippen molar-refractivity contribution in [2.24, 2.45) is 0 Å². The number of benzene rings is 2. The number of carboxylic acids is 1. The number of hydrogen-bond donors (Lipinski definition) is 3. The number of rotatable bonds is 7. The summed E-state index contributed by atoms with van der Waals surface area (Å²) in [7, 11) is 0. The highest BCUT2D eigenvalue weighted by molar-refractivity contribution is 5.67. The normalized spacial score (nSPS) is 10.5. The number of aromatic nitrogens is 4. The van der Waals surface area contributed by atoms with E-state index < -0.39 is 5.97 Å². The second kappa shape index (κ2) is 7.36. The zero-order valence-electron chi connectivity index (χ0n) is 12.9. The summed E-state index contributed by atoms with van der Waals surface area (Å²) < 4.78 is 0. The van der Waals surface area contributed by atoms with Gasteiger partial charge in [-0.05, 0) is 34.9 Å². The molecule has 1 heterocycles. The highest BCUT2D eigenvalue weighted by atomic mass is 16.4. The topological polar surface area (TPSA) is 104 Å². The van der Waals surface area contributed by atoms with Gasteiger partial charge in [-0.15, -0.1) is 10.2 Å². The van der Waals surface area contributed by atoms with E-state index in [1.54, 1.807) is 0 Å². The number of carbonyl (C=O) groups is 1. The van der Waals surface area contributed by atoms with Crippen molar-refractivity contribution < 1.29 is 9.90 Å².